The molecule has 1 aliphatic rings. The second-order valence-corrected chi connectivity index (χ2v) is 7.64. The first-order valence-corrected chi connectivity index (χ1v) is 10.2. The maximum absolute atomic E-state index is 13.3. The summed E-state index contributed by atoms with van der Waals surface area (Å²) in [6, 6.07) is 17.1. The third-order valence-electron chi connectivity index (χ3n) is 5.78. The molecule has 0 radical (unpaired) electrons. The first-order valence-electron chi connectivity index (χ1n) is 10.2. The van der Waals surface area contributed by atoms with Crippen molar-refractivity contribution in [2.75, 3.05) is 7.11 Å². The van der Waals surface area contributed by atoms with Crippen molar-refractivity contribution in [3.8, 4) is 5.75 Å². The zero-order valence-corrected chi connectivity index (χ0v) is 16.7. The molecule has 2 aromatic carbocycles. The van der Waals surface area contributed by atoms with Gasteiger partial charge in [0.2, 0.25) is 0 Å². The molecule has 0 unspecified atom stereocenters. The van der Waals surface area contributed by atoms with Crippen LogP contribution in [-0.4, -0.2) is 28.9 Å². The number of H-pyrrole nitrogens is 1. The number of aromatic nitrogens is 1. The SMILES string of the molecule is COc1cccc2cc(CN(C(=O)c3ccccc3)C3CCCCC3)c(=O)[nH]c12. The predicted octanol–water partition coefficient (Wildman–Crippen LogP) is 4.51. The number of ether oxygens (including phenoxy) is 1. The smallest absolute Gasteiger partial charge is 0.254 e. The van der Waals surface area contributed by atoms with Gasteiger partial charge in [0, 0.05) is 22.6 Å². The van der Waals surface area contributed by atoms with Crippen LogP contribution in [0.3, 0.4) is 0 Å². The molecular weight excluding hydrogens is 364 g/mol. The molecule has 1 saturated carbocycles. The summed E-state index contributed by atoms with van der Waals surface area (Å²) in [5, 5.41) is 0.898. The van der Waals surface area contributed by atoms with Crippen LogP contribution >= 0.6 is 0 Å². The number of methoxy groups -OCH3 is 1. The molecule has 4 rings (SSSR count). The van der Waals surface area contributed by atoms with E-state index in [1.807, 2.05) is 59.5 Å². The molecule has 0 aliphatic heterocycles. The van der Waals surface area contributed by atoms with Gasteiger partial charge in [-0.25, -0.2) is 0 Å². The zero-order valence-electron chi connectivity index (χ0n) is 16.7. The number of rotatable bonds is 5. The van der Waals surface area contributed by atoms with Crippen LogP contribution in [0.2, 0.25) is 0 Å². The summed E-state index contributed by atoms with van der Waals surface area (Å²) in [7, 11) is 1.59. The Labute approximate surface area is 170 Å². The van der Waals surface area contributed by atoms with Crippen LogP contribution in [0.5, 0.6) is 5.75 Å². The van der Waals surface area contributed by atoms with Gasteiger partial charge in [-0.2, -0.15) is 0 Å². The Bertz CT molecular complexity index is 1050. The molecule has 150 valence electrons. The lowest BCUT2D eigenvalue weighted by atomic mass is 9.93. The molecule has 0 saturated heterocycles. The summed E-state index contributed by atoms with van der Waals surface area (Å²) in [5.74, 6) is 0.623. The van der Waals surface area contributed by atoms with Crippen LogP contribution in [-0.2, 0) is 6.54 Å². The largest absolute Gasteiger partial charge is 0.495 e. The van der Waals surface area contributed by atoms with Gasteiger partial charge in [-0.05, 0) is 37.1 Å². The van der Waals surface area contributed by atoms with E-state index in [1.54, 1.807) is 7.11 Å². The van der Waals surface area contributed by atoms with E-state index in [4.69, 9.17) is 4.74 Å². The highest BCUT2D eigenvalue weighted by Gasteiger charge is 2.27. The molecule has 5 nitrogen and oxygen atoms in total. The van der Waals surface area contributed by atoms with Gasteiger partial charge in [0.25, 0.3) is 11.5 Å². The fraction of sp³-hybridized carbons (Fsp3) is 0.333. The number of carbonyl (C=O) groups is 1. The molecule has 1 amide bonds. The fourth-order valence-electron chi connectivity index (χ4n) is 4.23. The summed E-state index contributed by atoms with van der Waals surface area (Å²) in [6.45, 7) is 0.306. The summed E-state index contributed by atoms with van der Waals surface area (Å²) >= 11 is 0. The van der Waals surface area contributed by atoms with Crippen LogP contribution < -0.4 is 10.3 Å². The van der Waals surface area contributed by atoms with Crippen LogP contribution in [0, 0.1) is 0 Å². The summed E-state index contributed by atoms with van der Waals surface area (Å²) in [6.07, 6.45) is 5.42. The minimum atomic E-state index is -0.177. The molecule has 5 heteroatoms. The Balaban J connectivity index is 1.71. The van der Waals surface area contributed by atoms with Crippen LogP contribution in [0.4, 0.5) is 0 Å². The van der Waals surface area contributed by atoms with Gasteiger partial charge in [0.05, 0.1) is 19.2 Å². The number of carbonyl (C=O) groups excluding carboxylic acids is 1. The van der Waals surface area contributed by atoms with E-state index in [0.29, 0.717) is 28.9 Å². The molecule has 29 heavy (non-hydrogen) atoms. The van der Waals surface area contributed by atoms with Crippen molar-refractivity contribution in [2.45, 2.75) is 44.7 Å². The van der Waals surface area contributed by atoms with E-state index in [9.17, 15) is 9.59 Å². The maximum atomic E-state index is 13.3. The van der Waals surface area contributed by atoms with Gasteiger partial charge in [-0.1, -0.05) is 49.6 Å². The maximum Gasteiger partial charge on any atom is 0.254 e. The van der Waals surface area contributed by atoms with Gasteiger partial charge < -0.3 is 14.6 Å². The van der Waals surface area contributed by atoms with E-state index in [1.165, 1.54) is 6.42 Å². The summed E-state index contributed by atoms with van der Waals surface area (Å²) in [5.41, 5.74) is 1.77. The lowest BCUT2D eigenvalue weighted by molar-refractivity contribution is 0.0613. The monoisotopic (exact) mass is 390 g/mol. The Morgan fingerprint density at radius 3 is 2.55 bits per heavy atom. The summed E-state index contributed by atoms with van der Waals surface area (Å²) in [4.78, 5) is 31.0. The normalized spacial score (nSPS) is 14.7. The Morgan fingerprint density at radius 2 is 1.83 bits per heavy atom. The number of hydrogen-bond acceptors (Lipinski definition) is 3. The third kappa shape index (κ3) is 4.04. The van der Waals surface area contributed by atoms with Crippen molar-refractivity contribution in [3.05, 3.63) is 76.1 Å². The Hall–Kier alpha value is -3.08. The number of hydrogen-bond donors (Lipinski definition) is 1. The van der Waals surface area contributed by atoms with Crippen molar-refractivity contribution >= 4 is 16.8 Å². The van der Waals surface area contributed by atoms with E-state index in [0.717, 1.165) is 31.1 Å². The molecule has 1 N–H and O–H groups in total. The minimum Gasteiger partial charge on any atom is -0.495 e. The predicted molar refractivity (Wildman–Crippen MR) is 114 cm³/mol. The number of benzene rings is 2. The van der Waals surface area contributed by atoms with Gasteiger partial charge in [-0.15, -0.1) is 0 Å². The lowest BCUT2D eigenvalue weighted by Gasteiger charge is -2.34. The van der Waals surface area contributed by atoms with Crippen LogP contribution in [0.1, 0.15) is 48.0 Å². The standard InChI is InChI=1S/C24H26N2O3/c1-29-21-14-8-11-18-15-19(23(27)25-22(18)21)16-26(20-12-6-3-7-13-20)24(28)17-9-4-2-5-10-17/h2,4-5,8-11,14-15,20H,3,6-7,12-13,16H2,1H3,(H,25,27). The van der Waals surface area contributed by atoms with Crippen molar-refractivity contribution in [1.82, 2.24) is 9.88 Å². The van der Waals surface area contributed by atoms with Crippen molar-refractivity contribution in [2.24, 2.45) is 0 Å². The van der Waals surface area contributed by atoms with Crippen molar-refractivity contribution in [3.63, 3.8) is 0 Å². The molecule has 0 bridgehead atoms. The van der Waals surface area contributed by atoms with Gasteiger partial charge in [0.15, 0.2) is 0 Å². The highest BCUT2D eigenvalue weighted by Crippen LogP contribution is 2.27. The van der Waals surface area contributed by atoms with E-state index < -0.39 is 0 Å². The number of nitrogens with one attached hydrogen (secondary N) is 1. The summed E-state index contributed by atoms with van der Waals surface area (Å²) < 4.78 is 5.36. The number of nitrogens with zero attached hydrogens (tertiary/aromatic N) is 1. The lowest BCUT2D eigenvalue weighted by Crippen LogP contribution is -2.42. The van der Waals surface area contributed by atoms with E-state index in [2.05, 4.69) is 4.98 Å². The number of para-hydroxylation sites is 1. The Morgan fingerprint density at radius 1 is 1.07 bits per heavy atom. The van der Waals surface area contributed by atoms with Gasteiger partial charge in [0.1, 0.15) is 5.75 Å². The molecule has 1 heterocycles. The topological polar surface area (TPSA) is 62.4 Å². The molecule has 0 spiro atoms. The second-order valence-electron chi connectivity index (χ2n) is 7.64. The molecule has 1 fully saturated rings. The van der Waals surface area contributed by atoms with Crippen molar-refractivity contribution < 1.29 is 9.53 Å². The van der Waals surface area contributed by atoms with Crippen LogP contribution in [0.25, 0.3) is 10.9 Å². The number of pyridine rings is 1. The van der Waals surface area contributed by atoms with Gasteiger partial charge >= 0.3 is 0 Å². The molecular formula is C24H26N2O3. The molecule has 1 aromatic heterocycles. The second kappa shape index (κ2) is 8.52. The van der Waals surface area contributed by atoms with Crippen LogP contribution in [0.15, 0.2) is 59.4 Å². The Kier molecular flexibility index (Phi) is 5.65. The third-order valence-corrected chi connectivity index (χ3v) is 5.78. The molecule has 0 atom stereocenters. The minimum absolute atomic E-state index is 0.0114. The number of aromatic amines is 1. The van der Waals surface area contributed by atoms with E-state index in [-0.39, 0.29) is 17.5 Å². The highest BCUT2D eigenvalue weighted by atomic mass is 16.5. The molecule has 3 aromatic rings. The highest BCUT2D eigenvalue weighted by molar-refractivity contribution is 5.94. The number of fused-ring (bicyclic) bond motifs is 1. The number of amides is 1. The van der Waals surface area contributed by atoms with Gasteiger partial charge in [-0.3, -0.25) is 9.59 Å². The fourth-order valence-corrected chi connectivity index (χ4v) is 4.23. The molecule has 1 aliphatic carbocycles. The first-order chi connectivity index (χ1) is 14.2. The average molecular weight is 390 g/mol. The van der Waals surface area contributed by atoms with Crippen molar-refractivity contribution in [1.29, 1.82) is 0 Å². The average Bonchev–Trinajstić information content (AvgIpc) is 2.78. The quantitative estimate of drug-likeness (QED) is 0.697. The zero-order chi connectivity index (χ0) is 20.2. The van der Waals surface area contributed by atoms with E-state index >= 15 is 0 Å². The first kappa shape index (κ1) is 19.2.